The van der Waals surface area contributed by atoms with Crippen LogP contribution in [0.3, 0.4) is 0 Å². The molecule has 26 heavy (non-hydrogen) atoms. The van der Waals surface area contributed by atoms with Crippen molar-refractivity contribution in [3.8, 4) is 0 Å². The van der Waals surface area contributed by atoms with Crippen molar-refractivity contribution >= 4 is 35.8 Å². The summed E-state index contributed by atoms with van der Waals surface area (Å²) in [5.41, 5.74) is 0. The van der Waals surface area contributed by atoms with Gasteiger partial charge in [0.05, 0.1) is 6.61 Å². The van der Waals surface area contributed by atoms with Gasteiger partial charge in [0.1, 0.15) is 0 Å². The first-order chi connectivity index (χ1) is 12.5. The van der Waals surface area contributed by atoms with Gasteiger partial charge in [0.15, 0.2) is 0 Å². The monoisotopic (exact) mass is 402 g/mol. The minimum atomic E-state index is -4.25. The summed E-state index contributed by atoms with van der Waals surface area (Å²) >= 11 is 1.40. The first-order valence-corrected chi connectivity index (χ1v) is 14.1. The Morgan fingerprint density at radius 1 is 0.654 bits per heavy atom. The number of phosphoric acid groups is 1. The maximum absolute atomic E-state index is 10.4. The molecular weight excluding hydrogens is 358 g/mol. The molecule has 0 bridgehead atoms. The van der Waals surface area contributed by atoms with E-state index in [9.17, 15) is 4.57 Å². The Hall–Kier alpha value is 1.11. The fraction of sp³-hybridized carbons (Fsp3) is 1.00. The van der Waals surface area contributed by atoms with Gasteiger partial charge in [-0.05, 0) is 6.42 Å². The van der Waals surface area contributed by atoms with Crippen LogP contribution in [0.25, 0.3) is 0 Å². The third-order valence-corrected chi connectivity index (χ3v) is 5.69. The Kier molecular flexibility index (Phi) is 27.2. The van der Waals surface area contributed by atoms with E-state index < -0.39 is 7.82 Å². The van der Waals surface area contributed by atoms with Crippen molar-refractivity contribution in [1.29, 1.82) is 0 Å². The molecule has 154 valence electrons. The standard InChI is InChI=1S/C16H35O4P.C4H9.Na/c1-2-3-4-5-6-7-8-9-10-11-12-13-14-15-16-20-21(17,18)19;1-3-4-2;/h2-16H2,1H3,(H2,17,18,19);1,3-4H2,2H3;. The van der Waals surface area contributed by atoms with Gasteiger partial charge in [-0.25, -0.2) is 4.57 Å². The fourth-order valence-electron chi connectivity index (χ4n) is 2.83. The van der Waals surface area contributed by atoms with E-state index in [0.29, 0.717) is 0 Å². The van der Waals surface area contributed by atoms with Crippen LogP contribution in [0.2, 0.25) is 3.67 Å². The summed E-state index contributed by atoms with van der Waals surface area (Å²) in [4.78, 5) is 17.0. The average Bonchev–Trinajstić information content (AvgIpc) is 2.58. The Labute approximate surface area is 180 Å². The molecule has 0 heterocycles. The van der Waals surface area contributed by atoms with Crippen LogP contribution in [-0.4, -0.2) is 44.3 Å². The third kappa shape index (κ3) is 32.8. The van der Waals surface area contributed by atoms with Gasteiger partial charge in [-0.2, -0.15) is 0 Å². The van der Waals surface area contributed by atoms with Crippen molar-refractivity contribution in [2.45, 2.75) is 120 Å². The number of phosphoric ester groups is 1. The molecule has 0 spiro atoms. The molecular formula is C20H44NaO4P. The third-order valence-electron chi connectivity index (χ3n) is 4.46. The summed E-state index contributed by atoms with van der Waals surface area (Å²) in [6.07, 6.45) is 20.6. The van der Waals surface area contributed by atoms with E-state index in [-0.39, 0.29) is 6.61 Å². The van der Waals surface area contributed by atoms with Crippen LogP contribution in [0.4, 0.5) is 0 Å². The van der Waals surface area contributed by atoms with Crippen LogP contribution >= 0.6 is 7.82 Å². The van der Waals surface area contributed by atoms with Crippen molar-refractivity contribution in [1.82, 2.24) is 0 Å². The van der Waals surface area contributed by atoms with Gasteiger partial charge in [0, 0.05) is 0 Å². The van der Waals surface area contributed by atoms with E-state index in [1.165, 1.54) is 115 Å². The second-order valence-corrected chi connectivity index (χ2v) is 9.51. The number of hydrogen-bond acceptors (Lipinski definition) is 2. The molecule has 0 radical (unpaired) electrons. The summed E-state index contributed by atoms with van der Waals surface area (Å²) in [5.74, 6) is 0. The molecule has 0 aromatic heterocycles. The van der Waals surface area contributed by atoms with E-state index in [1.807, 2.05) is 0 Å². The zero-order chi connectivity index (χ0) is 19.9. The van der Waals surface area contributed by atoms with Crippen molar-refractivity contribution in [3.63, 3.8) is 0 Å². The zero-order valence-corrected chi connectivity index (χ0v) is 20.8. The topological polar surface area (TPSA) is 66.8 Å². The van der Waals surface area contributed by atoms with Gasteiger partial charge in [-0.1, -0.05) is 90.4 Å². The van der Waals surface area contributed by atoms with E-state index in [4.69, 9.17) is 9.79 Å². The van der Waals surface area contributed by atoms with Crippen LogP contribution in [-0.2, 0) is 9.09 Å². The van der Waals surface area contributed by atoms with Crippen molar-refractivity contribution < 1.29 is 18.9 Å². The van der Waals surface area contributed by atoms with Crippen molar-refractivity contribution in [3.05, 3.63) is 0 Å². The van der Waals surface area contributed by atoms with Crippen LogP contribution in [0, 0.1) is 0 Å². The molecule has 0 rings (SSSR count). The first-order valence-electron chi connectivity index (χ1n) is 11.2. The molecule has 6 heteroatoms. The van der Waals surface area contributed by atoms with Gasteiger partial charge in [-0.15, -0.1) is 0 Å². The molecule has 0 aliphatic heterocycles. The summed E-state index contributed by atoms with van der Waals surface area (Å²) in [6, 6.07) is 0. The quantitative estimate of drug-likeness (QED) is 0.148. The molecule has 4 nitrogen and oxygen atoms in total. The van der Waals surface area contributed by atoms with Gasteiger partial charge in [-0.3, -0.25) is 4.52 Å². The van der Waals surface area contributed by atoms with Crippen molar-refractivity contribution in [2.24, 2.45) is 0 Å². The molecule has 0 aromatic carbocycles. The molecule has 0 atom stereocenters. The summed E-state index contributed by atoms with van der Waals surface area (Å²) in [5, 5.41) is 0. The number of hydrogen-bond donors (Lipinski definition) is 2. The van der Waals surface area contributed by atoms with E-state index in [0.717, 1.165) is 19.3 Å². The Morgan fingerprint density at radius 2 is 1.00 bits per heavy atom. The van der Waals surface area contributed by atoms with Crippen LogP contribution in [0.1, 0.15) is 117 Å². The summed E-state index contributed by atoms with van der Waals surface area (Å²) < 4.78 is 16.3. The molecule has 0 unspecified atom stereocenters. The minimum absolute atomic E-state index is 0.169. The average molecular weight is 403 g/mol. The van der Waals surface area contributed by atoms with Crippen LogP contribution in [0.15, 0.2) is 0 Å². The first kappa shape index (κ1) is 29.3. The van der Waals surface area contributed by atoms with E-state index in [1.54, 1.807) is 0 Å². The van der Waals surface area contributed by atoms with Gasteiger partial charge in [0.2, 0.25) is 0 Å². The molecule has 0 saturated carbocycles. The predicted molar refractivity (Wildman–Crippen MR) is 114 cm³/mol. The van der Waals surface area contributed by atoms with Crippen molar-refractivity contribution in [2.75, 3.05) is 6.61 Å². The van der Waals surface area contributed by atoms with Crippen LogP contribution in [0.5, 0.6) is 0 Å². The normalized spacial score (nSPS) is 11.3. The summed E-state index contributed by atoms with van der Waals surface area (Å²) in [6.45, 7) is 4.66. The molecule has 0 aromatic rings. The predicted octanol–water partition coefficient (Wildman–Crippen LogP) is 6.95. The zero-order valence-electron chi connectivity index (χ0n) is 17.9. The van der Waals surface area contributed by atoms with E-state index in [2.05, 4.69) is 18.4 Å². The van der Waals surface area contributed by atoms with Gasteiger partial charge < -0.3 is 9.79 Å². The van der Waals surface area contributed by atoms with E-state index >= 15 is 0 Å². The molecule has 0 saturated heterocycles. The number of unbranched alkanes of at least 4 members (excludes halogenated alkanes) is 14. The molecule has 0 aliphatic rings. The molecule has 0 aliphatic carbocycles. The second kappa shape index (κ2) is 24.1. The SMILES string of the molecule is CCCCCCCCCCCCCCCCOP(=O)(O)O.CCC[CH2][Na]. The fourth-order valence-corrected chi connectivity index (χ4v) is 3.91. The second-order valence-electron chi connectivity index (χ2n) is 7.27. The van der Waals surface area contributed by atoms with Crippen LogP contribution < -0.4 is 0 Å². The molecule has 0 amide bonds. The molecule has 0 fully saturated rings. The Bertz CT molecular complexity index is 296. The van der Waals surface area contributed by atoms with Gasteiger partial charge >= 0.3 is 59.2 Å². The number of rotatable bonds is 18. The van der Waals surface area contributed by atoms with Gasteiger partial charge in [0.25, 0.3) is 0 Å². The maximum atomic E-state index is 10.4. The Morgan fingerprint density at radius 3 is 1.27 bits per heavy atom. The summed E-state index contributed by atoms with van der Waals surface area (Å²) in [7, 11) is -4.25. The Balaban J connectivity index is 0. The molecule has 2 N–H and O–H groups in total.